The molecule has 0 spiro atoms. The number of rotatable bonds is 7. The summed E-state index contributed by atoms with van der Waals surface area (Å²) in [6.45, 7) is 1.75. The number of dihydropyridines is 1. The molecular weight excluding hydrogens is 564 g/mol. The first-order valence-corrected chi connectivity index (χ1v) is 12.9. The number of amides is 2. The van der Waals surface area contributed by atoms with Crippen molar-refractivity contribution in [1.82, 2.24) is 5.32 Å². The Hall–Kier alpha value is -3.45. The van der Waals surface area contributed by atoms with Gasteiger partial charge in [0.05, 0.1) is 40.2 Å². The van der Waals surface area contributed by atoms with Gasteiger partial charge in [-0.25, -0.2) is 0 Å². The fourth-order valence-electron chi connectivity index (χ4n) is 3.67. The highest BCUT2D eigenvalue weighted by molar-refractivity contribution is 9.10. The normalized spacial score (nSPS) is 15.2. The van der Waals surface area contributed by atoms with Gasteiger partial charge in [0.25, 0.3) is 5.91 Å². The zero-order chi connectivity index (χ0) is 25.7. The van der Waals surface area contributed by atoms with Crippen LogP contribution >= 0.6 is 39.3 Å². The van der Waals surface area contributed by atoms with Gasteiger partial charge in [-0.1, -0.05) is 39.3 Å². The molecule has 0 bridgehead atoms. The number of hydrogen-bond donors (Lipinski definition) is 3. The lowest BCUT2D eigenvalue weighted by molar-refractivity contribution is -0.114. The van der Waals surface area contributed by atoms with E-state index in [-0.39, 0.29) is 17.6 Å². The molecule has 0 saturated heterocycles. The molecule has 2 amide bonds. The van der Waals surface area contributed by atoms with E-state index in [9.17, 15) is 14.9 Å². The fraction of sp³-hybridized carbons (Fsp3) is 0.115. The summed E-state index contributed by atoms with van der Waals surface area (Å²) >= 11 is 10.5. The molecule has 3 N–H and O–H groups in total. The zero-order valence-electron chi connectivity index (χ0n) is 19.0. The van der Waals surface area contributed by atoms with Crippen LogP contribution in [0.3, 0.4) is 0 Å². The number of benzene rings is 2. The predicted molar refractivity (Wildman–Crippen MR) is 145 cm³/mol. The molecule has 0 fully saturated rings. The molecule has 2 heterocycles. The molecule has 1 atom stereocenters. The van der Waals surface area contributed by atoms with Gasteiger partial charge < -0.3 is 20.4 Å². The minimum absolute atomic E-state index is 0.0635. The van der Waals surface area contributed by atoms with Crippen LogP contribution < -0.4 is 16.0 Å². The second-order valence-corrected chi connectivity index (χ2v) is 10.1. The number of nitrogens with zero attached hydrogens (tertiary/aromatic N) is 1. The van der Waals surface area contributed by atoms with Gasteiger partial charge in [-0.05, 0) is 67.6 Å². The molecule has 1 aromatic heterocycles. The summed E-state index contributed by atoms with van der Waals surface area (Å²) in [5, 5.41) is 20.0. The third-order valence-electron chi connectivity index (χ3n) is 5.30. The van der Waals surface area contributed by atoms with E-state index in [0.29, 0.717) is 44.0 Å². The molecular formula is C26H20BrClN4O3S. The molecule has 0 aliphatic carbocycles. The van der Waals surface area contributed by atoms with Crippen LogP contribution in [-0.4, -0.2) is 17.6 Å². The van der Waals surface area contributed by atoms with E-state index in [1.807, 2.05) is 12.1 Å². The van der Waals surface area contributed by atoms with Crippen LogP contribution in [0.15, 0.2) is 97.7 Å². The highest BCUT2D eigenvalue weighted by Gasteiger charge is 2.36. The van der Waals surface area contributed by atoms with Gasteiger partial charge in [0, 0.05) is 26.6 Å². The predicted octanol–water partition coefficient (Wildman–Crippen LogP) is 6.40. The fourth-order valence-corrected chi connectivity index (χ4v) is 4.95. The van der Waals surface area contributed by atoms with Gasteiger partial charge in [-0.15, -0.1) is 0 Å². The van der Waals surface area contributed by atoms with Crippen LogP contribution in [0, 0.1) is 11.3 Å². The monoisotopic (exact) mass is 582 g/mol. The van der Waals surface area contributed by atoms with E-state index in [2.05, 4.69) is 37.9 Å². The lowest BCUT2D eigenvalue weighted by atomic mass is 9.85. The molecule has 182 valence electrons. The van der Waals surface area contributed by atoms with Gasteiger partial charge in [0.2, 0.25) is 5.91 Å². The summed E-state index contributed by atoms with van der Waals surface area (Å²) in [4.78, 5) is 25.9. The molecule has 7 nitrogen and oxygen atoms in total. The Kier molecular flexibility index (Phi) is 8.21. The molecule has 0 saturated carbocycles. The Morgan fingerprint density at radius 1 is 1.11 bits per heavy atom. The number of anilines is 2. The molecule has 2 aromatic carbocycles. The van der Waals surface area contributed by atoms with Crippen molar-refractivity contribution in [3.8, 4) is 6.07 Å². The number of furan rings is 1. The van der Waals surface area contributed by atoms with E-state index >= 15 is 0 Å². The summed E-state index contributed by atoms with van der Waals surface area (Å²) in [6.07, 6.45) is 1.49. The smallest absolute Gasteiger partial charge is 0.254 e. The maximum Gasteiger partial charge on any atom is 0.254 e. The molecule has 1 unspecified atom stereocenters. The van der Waals surface area contributed by atoms with Crippen molar-refractivity contribution in [2.45, 2.75) is 12.8 Å². The lowest BCUT2D eigenvalue weighted by Gasteiger charge is -2.28. The van der Waals surface area contributed by atoms with Crippen LogP contribution in [0.2, 0.25) is 5.02 Å². The molecule has 1 aliphatic rings. The molecule has 0 radical (unpaired) electrons. The van der Waals surface area contributed by atoms with E-state index in [0.717, 1.165) is 4.47 Å². The summed E-state index contributed by atoms with van der Waals surface area (Å²) in [7, 11) is 0. The average molecular weight is 584 g/mol. The van der Waals surface area contributed by atoms with Crippen LogP contribution in [0.1, 0.15) is 18.6 Å². The van der Waals surface area contributed by atoms with E-state index in [1.165, 1.54) is 18.0 Å². The van der Waals surface area contributed by atoms with Crippen molar-refractivity contribution in [2.24, 2.45) is 0 Å². The molecule has 3 aromatic rings. The average Bonchev–Trinajstić information content (AvgIpc) is 3.39. The number of hydrogen-bond acceptors (Lipinski definition) is 6. The number of thioether (sulfide) groups is 1. The number of halogens is 2. The number of carbonyl (C=O) groups is 2. The topological polar surface area (TPSA) is 107 Å². The van der Waals surface area contributed by atoms with Crippen molar-refractivity contribution < 1.29 is 14.0 Å². The summed E-state index contributed by atoms with van der Waals surface area (Å²) < 4.78 is 6.53. The van der Waals surface area contributed by atoms with Crippen molar-refractivity contribution in [1.29, 1.82) is 5.26 Å². The van der Waals surface area contributed by atoms with Crippen molar-refractivity contribution in [2.75, 3.05) is 16.4 Å². The van der Waals surface area contributed by atoms with Crippen LogP contribution in [-0.2, 0) is 9.59 Å². The Balaban J connectivity index is 1.57. The number of allylic oxidation sites excluding steroid dienone is 2. The number of nitrogens with one attached hydrogen (secondary N) is 3. The summed E-state index contributed by atoms with van der Waals surface area (Å²) in [5.41, 5.74) is 2.42. The minimum atomic E-state index is -0.740. The Labute approximate surface area is 225 Å². The second kappa shape index (κ2) is 11.5. The standard InChI is InChI=1S/C26H20BrClN4O3S/c1-15-23(25(34)32-19-10-6-17(28)7-11-19)24(21-3-2-12-35-21)20(13-29)26(30-15)36-14-22(33)31-18-8-4-16(27)5-9-18/h2-12,24,30H,14H2,1H3,(H,31,33)(H,32,34). The first kappa shape index (κ1) is 25.6. The number of carbonyl (C=O) groups excluding carboxylic acids is 2. The lowest BCUT2D eigenvalue weighted by Crippen LogP contribution is -2.31. The Bertz CT molecular complexity index is 1380. The van der Waals surface area contributed by atoms with Crippen molar-refractivity contribution in [3.63, 3.8) is 0 Å². The van der Waals surface area contributed by atoms with E-state index < -0.39 is 5.92 Å². The third-order valence-corrected chi connectivity index (χ3v) is 7.10. The van der Waals surface area contributed by atoms with Crippen molar-refractivity contribution >= 4 is 62.5 Å². The van der Waals surface area contributed by atoms with E-state index in [1.54, 1.807) is 55.5 Å². The van der Waals surface area contributed by atoms with Gasteiger partial charge in [-0.2, -0.15) is 5.26 Å². The van der Waals surface area contributed by atoms with Gasteiger partial charge in [0.1, 0.15) is 5.76 Å². The summed E-state index contributed by atoms with van der Waals surface area (Å²) in [6, 6.07) is 19.6. The number of nitriles is 1. The maximum atomic E-state index is 13.3. The molecule has 10 heteroatoms. The Morgan fingerprint density at radius 3 is 2.42 bits per heavy atom. The van der Waals surface area contributed by atoms with Crippen LogP contribution in [0.4, 0.5) is 11.4 Å². The quantitative estimate of drug-likeness (QED) is 0.297. The summed E-state index contributed by atoms with van der Waals surface area (Å²) in [5.74, 6) is -0.833. The van der Waals surface area contributed by atoms with E-state index in [4.69, 9.17) is 16.0 Å². The third kappa shape index (κ3) is 6.02. The zero-order valence-corrected chi connectivity index (χ0v) is 22.1. The first-order chi connectivity index (χ1) is 17.4. The van der Waals surface area contributed by atoms with Gasteiger partial charge in [0.15, 0.2) is 0 Å². The second-order valence-electron chi connectivity index (χ2n) is 7.77. The molecule has 36 heavy (non-hydrogen) atoms. The highest BCUT2D eigenvalue weighted by atomic mass is 79.9. The SMILES string of the molecule is CC1=C(C(=O)Nc2ccc(Cl)cc2)C(c2ccco2)C(C#N)=C(SCC(=O)Nc2ccc(Br)cc2)N1. The largest absolute Gasteiger partial charge is 0.468 e. The molecule has 4 rings (SSSR count). The van der Waals surface area contributed by atoms with Gasteiger partial charge in [-0.3, -0.25) is 9.59 Å². The highest BCUT2D eigenvalue weighted by Crippen LogP contribution is 2.41. The van der Waals surface area contributed by atoms with Gasteiger partial charge >= 0.3 is 0 Å². The first-order valence-electron chi connectivity index (χ1n) is 10.8. The maximum absolute atomic E-state index is 13.3. The minimum Gasteiger partial charge on any atom is -0.468 e. The Morgan fingerprint density at radius 2 is 1.78 bits per heavy atom. The van der Waals surface area contributed by atoms with Crippen LogP contribution in [0.25, 0.3) is 0 Å². The van der Waals surface area contributed by atoms with Crippen LogP contribution in [0.5, 0.6) is 0 Å². The van der Waals surface area contributed by atoms with Crippen molar-refractivity contribution in [3.05, 3.63) is 104 Å². The molecule has 1 aliphatic heterocycles.